The second-order valence-electron chi connectivity index (χ2n) is 6.76. The number of thiophene rings is 1. The Kier molecular flexibility index (Phi) is 4.40. The minimum Gasteiger partial charge on any atom is -0.292 e. The Morgan fingerprint density at radius 3 is 2.52 bits per heavy atom. The number of nitrogens with zero attached hydrogens (tertiary/aromatic N) is 2. The van der Waals surface area contributed by atoms with E-state index in [0.717, 1.165) is 26.4 Å². The third kappa shape index (κ3) is 3.19. The number of fused-ring (bicyclic) bond motifs is 1. The number of hydrogen-bond donors (Lipinski definition) is 0. The van der Waals surface area contributed by atoms with Gasteiger partial charge in [0.05, 0.1) is 11.9 Å². The first-order valence-corrected chi connectivity index (χ1v) is 9.57. The predicted octanol–water partition coefficient (Wildman–Crippen LogP) is 5.24. The largest absolute Gasteiger partial charge is 0.292 e. The average molecular weight is 378 g/mol. The molecule has 0 saturated carbocycles. The van der Waals surface area contributed by atoms with Crippen LogP contribution in [0.4, 0.5) is 4.39 Å². The Labute approximate surface area is 160 Å². The highest BCUT2D eigenvalue weighted by molar-refractivity contribution is 7.19. The van der Waals surface area contributed by atoms with Crippen molar-refractivity contribution in [2.45, 2.75) is 27.3 Å². The summed E-state index contributed by atoms with van der Waals surface area (Å²) in [6.07, 6.45) is 0. The van der Waals surface area contributed by atoms with Crippen LogP contribution in [-0.2, 0) is 6.54 Å². The van der Waals surface area contributed by atoms with Crippen molar-refractivity contribution in [2.75, 3.05) is 0 Å². The van der Waals surface area contributed by atoms with Crippen LogP contribution in [0.25, 0.3) is 21.3 Å². The van der Waals surface area contributed by atoms with E-state index < -0.39 is 0 Å². The Balaban J connectivity index is 1.93. The second-order valence-corrected chi connectivity index (χ2v) is 7.96. The van der Waals surface area contributed by atoms with Gasteiger partial charge in [-0.15, -0.1) is 11.3 Å². The molecule has 0 aliphatic rings. The first-order valence-electron chi connectivity index (χ1n) is 8.76. The molecule has 0 saturated heterocycles. The fraction of sp³-hybridized carbons (Fsp3) is 0.182. The van der Waals surface area contributed by atoms with E-state index in [9.17, 15) is 9.18 Å². The summed E-state index contributed by atoms with van der Waals surface area (Å²) in [6.45, 7) is 6.18. The normalized spacial score (nSPS) is 11.3. The molecule has 0 radical (unpaired) electrons. The quantitative estimate of drug-likeness (QED) is 0.489. The summed E-state index contributed by atoms with van der Waals surface area (Å²) in [5.74, 6) is 0.326. The van der Waals surface area contributed by atoms with E-state index in [1.165, 1.54) is 29.0 Å². The van der Waals surface area contributed by atoms with Gasteiger partial charge in [0.1, 0.15) is 16.5 Å². The molecular weight excluding hydrogens is 359 g/mol. The van der Waals surface area contributed by atoms with Gasteiger partial charge in [0, 0.05) is 10.4 Å². The number of aromatic nitrogens is 2. The summed E-state index contributed by atoms with van der Waals surface area (Å²) in [7, 11) is 0. The van der Waals surface area contributed by atoms with Crippen LogP contribution in [0.5, 0.6) is 0 Å². The summed E-state index contributed by atoms with van der Waals surface area (Å²) in [4.78, 5) is 19.8. The molecule has 0 spiro atoms. The lowest BCUT2D eigenvalue weighted by molar-refractivity contribution is 0.621. The number of hydrogen-bond acceptors (Lipinski definition) is 3. The molecule has 4 aromatic rings. The number of rotatable bonds is 3. The standard InChI is InChI=1S/C22H19FN2OS/c1-13-7-9-17(10-8-13)19-14(2)27-21-20(19)22(26)25(15(3)24-21)12-16-5-4-6-18(23)11-16/h4-11H,12H2,1-3H3. The highest BCUT2D eigenvalue weighted by Crippen LogP contribution is 2.35. The molecule has 0 unspecified atom stereocenters. The van der Waals surface area contributed by atoms with E-state index in [2.05, 4.69) is 4.98 Å². The molecule has 2 heterocycles. The highest BCUT2D eigenvalue weighted by Gasteiger charge is 2.18. The fourth-order valence-electron chi connectivity index (χ4n) is 3.37. The van der Waals surface area contributed by atoms with Crippen LogP contribution in [0.15, 0.2) is 53.3 Å². The second kappa shape index (κ2) is 6.74. The predicted molar refractivity (Wildman–Crippen MR) is 109 cm³/mol. The number of aryl methyl sites for hydroxylation is 3. The Morgan fingerprint density at radius 1 is 1.07 bits per heavy atom. The van der Waals surface area contributed by atoms with E-state index in [-0.39, 0.29) is 11.4 Å². The molecule has 136 valence electrons. The van der Waals surface area contributed by atoms with Crippen LogP contribution in [0, 0.1) is 26.6 Å². The number of benzene rings is 2. The lowest BCUT2D eigenvalue weighted by Gasteiger charge is -2.10. The minimum atomic E-state index is -0.307. The molecule has 4 rings (SSSR count). The van der Waals surface area contributed by atoms with Crippen LogP contribution >= 0.6 is 11.3 Å². The van der Waals surface area contributed by atoms with Crippen molar-refractivity contribution in [3.05, 3.63) is 86.5 Å². The van der Waals surface area contributed by atoms with E-state index in [4.69, 9.17) is 0 Å². The molecule has 0 fully saturated rings. The maximum Gasteiger partial charge on any atom is 0.263 e. The molecule has 5 heteroatoms. The number of halogens is 1. The molecular formula is C22H19FN2OS. The SMILES string of the molecule is Cc1ccc(-c2c(C)sc3nc(C)n(Cc4cccc(F)c4)c(=O)c23)cc1. The molecule has 27 heavy (non-hydrogen) atoms. The maximum atomic E-state index is 13.5. The topological polar surface area (TPSA) is 34.9 Å². The van der Waals surface area contributed by atoms with Gasteiger partial charge in [-0.2, -0.15) is 0 Å². The Morgan fingerprint density at radius 2 is 1.81 bits per heavy atom. The van der Waals surface area contributed by atoms with E-state index in [1.54, 1.807) is 10.6 Å². The van der Waals surface area contributed by atoms with Gasteiger partial charge in [-0.05, 0) is 44.0 Å². The Bertz CT molecular complexity index is 1210. The molecule has 0 N–H and O–H groups in total. The molecule has 0 bridgehead atoms. The fourth-order valence-corrected chi connectivity index (χ4v) is 4.45. The van der Waals surface area contributed by atoms with Crippen LogP contribution in [-0.4, -0.2) is 9.55 Å². The van der Waals surface area contributed by atoms with Crippen molar-refractivity contribution in [3.63, 3.8) is 0 Å². The van der Waals surface area contributed by atoms with Crippen molar-refractivity contribution in [1.82, 2.24) is 9.55 Å². The van der Waals surface area contributed by atoms with Gasteiger partial charge in [0.15, 0.2) is 0 Å². The van der Waals surface area contributed by atoms with Crippen molar-refractivity contribution < 1.29 is 4.39 Å². The van der Waals surface area contributed by atoms with Crippen LogP contribution in [0.3, 0.4) is 0 Å². The van der Waals surface area contributed by atoms with Crippen LogP contribution < -0.4 is 5.56 Å². The zero-order chi connectivity index (χ0) is 19.1. The molecule has 0 aliphatic carbocycles. The van der Waals surface area contributed by atoms with Crippen LogP contribution in [0.2, 0.25) is 0 Å². The van der Waals surface area contributed by atoms with Crippen molar-refractivity contribution in [3.8, 4) is 11.1 Å². The first-order chi connectivity index (χ1) is 12.9. The van der Waals surface area contributed by atoms with Gasteiger partial charge in [-0.25, -0.2) is 9.37 Å². The third-order valence-electron chi connectivity index (χ3n) is 4.75. The first kappa shape index (κ1) is 17.6. The van der Waals surface area contributed by atoms with E-state index in [1.807, 2.05) is 51.1 Å². The molecule has 0 aliphatic heterocycles. The van der Waals surface area contributed by atoms with Crippen molar-refractivity contribution in [2.24, 2.45) is 0 Å². The van der Waals surface area contributed by atoms with Gasteiger partial charge in [-0.1, -0.05) is 42.0 Å². The maximum absolute atomic E-state index is 13.5. The molecule has 0 atom stereocenters. The zero-order valence-corrected chi connectivity index (χ0v) is 16.2. The summed E-state index contributed by atoms with van der Waals surface area (Å²) in [6, 6.07) is 14.5. The van der Waals surface area contributed by atoms with E-state index >= 15 is 0 Å². The van der Waals surface area contributed by atoms with Gasteiger partial charge in [0.25, 0.3) is 5.56 Å². The average Bonchev–Trinajstić information content (AvgIpc) is 2.95. The van der Waals surface area contributed by atoms with E-state index in [0.29, 0.717) is 17.8 Å². The smallest absolute Gasteiger partial charge is 0.263 e. The minimum absolute atomic E-state index is 0.0818. The lowest BCUT2D eigenvalue weighted by atomic mass is 10.0. The molecule has 0 amide bonds. The summed E-state index contributed by atoms with van der Waals surface area (Å²) < 4.78 is 15.2. The van der Waals surface area contributed by atoms with Crippen LogP contribution in [0.1, 0.15) is 21.8 Å². The summed E-state index contributed by atoms with van der Waals surface area (Å²) >= 11 is 1.54. The van der Waals surface area contributed by atoms with Gasteiger partial charge in [0.2, 0.25) is 0 Å². The van der Waals surface area contributed by atoms with Crippen molar-refractivity contribution in [1.29, 1.82) is 0 Å². The van der Waals surface area contributed by atoms with Gasteiger partial charge >= 0.3 is 0 Å². The van der Waals surface area contributed by atoms with Gasteiger partial charge in [-0.3, -0.25) is 9.36 Å². The van der Waals surface area contributed by atoms with Crippen molar-refractivity contribution >= 4 is 21.6 Å². The lowest BCUT2D eigenvalue weighted by Crippen LogP contribution is -2.24. The highest BCUT2D eigenvalue weighted by atomic mass is 32.1. The molecule has 2 aromatic carbocycles. The van der Waals surface area contributed by atoms with Gasteiger partial charge < -0.3 is 0 Å². The summed E-state index contributed by atoms with van der Waals surface area (Å²) in [5, 5.41) is 0.642. The Hall–Kier alpha value is -2.79. The summed E-state index contributed by atoms with van der Waals surface area (Å²) in [5.41, 5.74) is 3.80. The third-order valence-corrected chi connectivity index (χ3v) is 5.75. The molecule has 3 nitrogen and oxygen atoms in total. The monoisotopic (exact) mass is 378 g/mol. The zero-order valence-electron chi connectivity index (χ0n) is 15.4. The molecule has 2 aromatic heterocycles.